The van der Waals surface area contributed by atoms with Gasteiger partial charge in [0.05, 0.1) is 17.9 Å². The molecule has 1 aromatic carbocycles. The Morgan fingerprint density at radius 2 is 2.17 bits per heavy atom. The molecule has 2 rings (SSSR count). The van der Waals surface area contributed by atoms with Gasteiger partial charge in [0.1, 0.15) is 5.82 Å². The van der Waals surface area contributed by atoms with Gasteiger partial charge in [-0.05, 0) is 37.0 Å². The van der Waals surface area contributed by atoms with E-state index >= 15 is 0 Å². The van der Waals surface area contributed by atoms with E-state index in [0.29, 0.717) is 30.8 Å². The van der Waals surface area contributed by atoms with Gasteiger partial charge in [-0.1, -0.05) is 13.0 Å². The Morgan fingerprint density at radius 3 is 2.72 bits per heavy atom. The van der Waals surface area contributed by atoms with Gasteiger partial charge < -0.3 is 15.1 Å². The molecule has 1 aliphatic heterocycles. The average molecular weight is 253 g/mol. The van der Waals surface area contributed by atoms with Crippen LogP contribution in [0.3, 0.4) is 0 Å². The smallest absolute Gasteiger partial charge is 0.146 e. The lowest BCUT2D eigenvalue weighted by atomic mass is 9.96. The van der Waals surface area contributed by atoms with Crippen LogP contribution in [0.15, 0.2) is 18.2 Å². The van der Waals surface area contributed by atoms with E-state index in [1.807, 2.05) is 11.8 Å². The van der Waals surface area contributed by atoms with Crippen LogP contribution in [0, 0.1) is 11.7 Å². The van der Waals surface area contributed by atoms with Gasteiger partial charge in [0.15, 0.2) is 0 Å². The molecule has 0 amide bonds. The Hall–Kier alpha value is -1.13. The molecule has 100 valence electrons. The van der Waals surface area contributed by atoms with Crippen LogP contribution in [0.5, 0.6) is 0 Å². The summed E-state index contributed by atoms with van der Waals surface area (Å²) in [6.07, 6.45) is -0.282. The highest BCUT2D eigenvalue weighted by molar-refractivity contribution is 5.50. The Bertz CT molecular complexity index is 422. The first-order valence-corrected chi connectivity index (χ1v) is 6.39. The molecule has 3 nitrogen and oxygen atoms in total. The number of piperidine rings is 1. The Morgan fingerprint density at radius 1 is 1.44 bits per heavy atom. The molecular formula is C14H20FNO2. The van der Waals surface area contributed by atoms with Gasteiger partial charge in [-0.15, -0.1) is 0 Å². The topological polar surface area (TPSA) is 43.7 Å². The van der Waals surface area contributed by atoms with E-state index in [2.05, 4.69) is 0 Å². The molecular weight excluding hydrogens is 233 g/mol. The van der Waals surface area contributed by atoms with Crippen molar-refractivity contribution in [1.82, 2.24) is 0 Å². The summed E-state index contributed by atoms with van der Waals surface area (Å²) in [7, 11) is 0. The number of hydrogen-bond donors (Lipinski definition) is 2. The first-order chi connectivity index (χ1) is 8.49. The molecule has 0 spiro atoms. The van der Waals surface area contributed by atoms with Crippen LogP contribution in [0.25, 0.3) is 0 Å². The van der Waals surface area contributed by atoms with Crippen LogP contribution in [0.4, 0.5) is 10.1 Å². The van der Waals surface area contributed by atoms with Gasteiger partial charge >= 0.3 is 0 Å². The minimum atomic E-state index is -0.657. The summed E-state index contributed by atoms with van der Waals surface area (Å²) in [4.78, 5) is 1.96. The normalized spacial score (nSPS) is 26.2. The molecule has 1 aliphatic rings. The van der Waals surface area contributed by atoms with Crippen molar-refractivity contribution in [2.24, 2.45) is 5.92 Å². The summed E-state index contributed by atoms with van der Waals surface area (Å²) in [5.74, 6) is -0.161. The van der Waals surface area contributed by atoms with Gasteiger partial charge in [0.25, 0.3) is 0 Å². The van der Waals surface area contributed by atoms with Crippen molar-refractivity contribution in [3.8, 4) is 0 Å². The Labute approximate surface area is 107 Å². The predicted molar refractivity (Wildman–Crippen MR) is 69.0 cm³/mol. The molecule has 0 bridgehead atoms. The van der Waals surface area contributed by atoms with Crippen LogP contribution in [0.1, 0.15) is 31.9 Å². The third-order valence-corrected chi connectivity index (χ3v) is 3.65. The SMILES string of the molecule is CC1CN(c2ccc([C@@H](C)O)cc2F)CCC1O. The van der Waals surface area contributed by atoms with Gasteiger partial charge in [-0.25, -0.2) is 4.39 Å². The fraction of sp³-hybridized carbons (Fsp3) is 0.571. The second-order valence-electron chi connectivity index (χ2n) is 5.17. The van der Waals surface area contributed by atoms with Gasteiger partial charge in [0.2, 0.25) is 0 Å². The van der Waals surface area contributed by atoms with E-state index in [1.165, 1.54) is 6.07 Å². The molecule has 0 aromatic heterocycles. The molecule has 4 heteroatoms. The summed E-state index contributed by atoms with van der Waals surface area (Å²) >= 11 is 0. The minimum Gasteiger partial charge on any atom is -0.393 e. The van der Waals surface area contributed by atoms with Gasteiger partial charge in [-0.3, -0.25) is 0 Å². The summed E-state index contributed by atoms with van der Waals surface area (Å²) in [5, 5.41) is 19.1. The second-order valence-corrected chi connectivity index (χ2v) is 5.17. The summed E-state index contributed by atoms with van der Waals surface area (Å²) in [6, 6.07) is 4.84. The quantitative estimate of drug-likeness (QED) is 0.848. The highest BCUT2D eigenvalue weighted by Gasteiger charge is 2.25. The Kier molecular flexibility index (Phi) is 3.88. The average Bonchev–Trinajstić information content (AvgIpc) is 2.32. The molecule has 3 atom stereocenters. The monoisotopic (exact) mass is 253 g/mol. The number of hydrogen-bond acceptors (Lipinski definition) is 3. The molecule has 1 aromatic rings. The third-order valence-electron chi connectivity index (χ3n) is 3.65. The summed E-state index contributed by atoms with van der Waals surface area (Å²) < 4.78 is 14.0. The zero-order valence-corrected chi connectivity index (χ0v) is 10.8. The third kappa shape index (κ3) is 2.65. The van der Waals surface area contributed by atoms with Crippen molar-refractivity contribution >= 4 is 5.69 Å². The molecule has 1 saturated heterocycles. The summed E-state index contributed by atoms with van der Waals surface area (Å²) in [6.45, 7) is 4.91. The van der Waals surface area contributed by atoms with Crippen LogP contribution in [-0.4, -0.2) is 29.4 Å². The first kappa shape index (κ1) is 13.3. The molecule has 1 heterocycles. The molecule has 2 unspecified atom stereocenters. The van der Waals surface area contributed by atoms with Crippen molar-refractivity contribution < 1.29 is 14.6 Å². The summed E-state index contributed by atoms with van der Waals surface area (Å²) in [5.41, 5.74) is 1.14. The maximum Gasteiger partial charge on any atom is 0.146 e. The number of rotatable bonds is 2. The van der Waals surface area contributed by atoms with Crippen LogP contribution in [0.2, 0.25) is 0 Å². The fourth-order valence-corrected chi connectivity index (χ4v) is 2.39. The molecule has 0 saturated carbocycles. The highest BCUT2D eigenvalue weighted by Crippen LogP contribution is 2.27. The number of benzene rings is 1. The van der Waals surface area contributed by atoms with E-state index in [4.69, 9.17) is 0 Å². The number of nitrogens with zero attached hydrogens (tertiary/aromatic N) is 1. The maximum atomic E-state index is 14.0. The molecule has 2 N–H and O–H groups in total. The number of aliphatic hydroxyl groups excluding tert-OH is 2. The largest absolute Gasteiger partial charge is 0.393 e. The highest BCUT2D eigenvalue weighted by atomic mass is 19.1. The second kappa shape index (κ2) is 5.24. The van der Waals surface area contributed by atoms with Crippen molar-refractivity contribution in [2.75, 3.05) is 18.0 Å². The zero-order chi connectivity index (χ0) is 13.3. The standard InChI is InChI=1S/C14H20FNO2/c1-9-8-16(6-5-14(9)18)13-4-3-11(10(2)17)7-12(13)15/h3-4,7,9-10,14,17-18H,5-6,8H2,1-2H3/t9?,10-,14?/m1/s1. The van der Waals surface area contributed by atoms with Crippen molar-refractivity contribution in [2.45, 2.75) is 32.5 Å². The van der Waals surface area contributed by atoms with Crippen molar-refractivity contribution in [3.63, 3.8) is 0 Å². The lowest BCUT2D eigenvalue weighted by Gasteiger charge is -2.36. The lowest BCUT2D eigenvalue weighted by Crippen LogP contribution is -2.42. The zero-order valence-electron chi connectivity index (χ0n) is 10.8. The van der Waals surface area contributed by atoms with Crippen molar-refractivity contribution in [3.05, 3.63) is 29.6 Å². The molecule has 0 aliphatic carbocycles. The van der Waals surface area contributed by atoms with Gasteiger partial charge in [-0.2, -0.15) is 0 Å². The van der Waals surface area contributed by atoms with Crippen LogP contribution < -0.4 is 4.90 Å². The van der Waals surface area contributed by atoms with E-state index in [1.54, 1.807) is 19.1 Å². The fourth-order valence-electron chi connectivity index (χ4n) is 2.39. The van der Waals surface area contributed by atoms with E-state index in [9.17, 15) is 14.6 Å². The van der Waals surface area contributed by atoms with Crippen LogP contribution >= 0.6 is 0 Å². The van der Waals surface area contributed by atoms with Gasteiger partial charge in [0, 0.05) is 13.1 Å². The molecule has 0 radical (unpaired) electrons. The minimum absolute atomic E-state index is 0.148. The molecule has 18 heavy (non-hydrogen) atoms. The van der Waals surface area contributed by atoms with Crippen molar-refractivity contribution in [1.29, 1.82) is 0 Å². The maximum absolute atomic E-state index is 14.0. The van der Waals surface area contributed by atoms with E-state index < -0.39 is 6.10 Å². The number of halogens is 1. The van der Waals surface area contributed by atoms with E-state index in [-0.39, 0.29) is 17.8 Å². The number of aliphatic hydroxyl groups is 2. The Balaban J connectivity index is 2.19. The van der Waals surface area contributed by atoms with E-state index in [0.717, 1.165) is 0 Å². The molecule has 1 fully saturated rings. The first-order valence-electron chi connectivity index (χ1n) is 6.39. The number of anilines is 1. The van der Waals surface area contributed by atoms with Crippen LogP contribution in [-0.2, 0) is 0 Å². The predicted octanol–water partition coefficient (Wildman–Crippen LogP) is 2.09. The lowest BCUT2D eigenvalue weighted by molar-refractivity contribution is 0.0969.